The minimum absolute atomic E-state index is 0.0861. The number of esters is 2. The van der Waals surface area contributed by atoms with Gasteiger partial charge in [0, 0.05) is 31.5 Å². The highest BCUT2D eigenvalue weighted by Crippen LogP contribution is 2.43. The Morgan fingerprint density at radius 1 is 0.780 bits per heavy atom. The summed E-state index contributed by atoms with van der Waals surface area (Å²) in [5, 5.41) is 93.6. The average Bonchev–Trinajstić information content (AvgIpc) is 3.06. The quantitative estimate of drug-likeness (QED) is 0.0688. The first-order valence-electron chi connectivity index (χ1n) is 14.9. The van der Waals surface area contributed by atoms with E-state index in [1.165, 1.54) is 6.07 Å². The van der Waals surface area contributed by atoms with E-state index in [2.05, 4.69) is 0 Å². The number of ether oxygens (including phenoxy) is 6. The van der Waals surface area contributed by atoms with Gasteiger partial charge in [0.15, 0.2) is 46.8 Å². The lowest BCUT2D eigenvalue weighted by molar-refractivity contribution is -0.358. The summed E-state index contributed by atoms with van der Waals surface area (Å²) in [7, 11) is 0. The molecule has 272 valence electrons. The van der Waals surface area contributed by atoms with Gasteiger partial charge in [0.1, 0.15) is 60.1 Å². The SMILES string of the molecule is CC(=O)OC[C@H]1O[C@@H](O[C@H]2[C@H](Oc3cc(O)c4c(=O)cc(-c5ccc(O)c(O)c5)oc4c3O)O[C@H](CO)[C@@H](O)[C@@H]2OC(C)=O)[C@H](O)[C@H](O)[C@@H]1O. The first kappa shape index (κ1) is 36.5. The molecule has 1 aromatic heterocycles. The van der Waals surface area contributed by atoms with Crippen LogP contribution in [-0.4, -0.2) is 133 Å². The summed E-state index contributed by atoms with van der Waals surface area (Å²) in [5.41, 5.74) is -1.37. The Hall–Kier alpha value is -4.73. The van der Waals surface area contributed by atoms with Gasteiger partial charge in [-0.2, -0.15) is 0 Å². The van der Waals surface area contributed by atoms with Gasteiger partial charge in [-0.15, -0.1) is 0 Å². The second-order valence-corrected chi connectivity index (χ2v) is 11.5. The summed E-state index contributed by atoms with van der Waals surface area (Å²) in [5.74, 6) is -5.26. The summed E-state index contributed by atoms with van der Waals surface area (Å²) in [4.78, 5) is 36.4. The molecule has 9 N–H and O–H groups in total. The molecule has 0 saturated carbocycles. The van der Waals surface area contributed by atoms with E-state index in [0.29, 0.717) is 0 Å². The molecule has 0 amide bonds. The van der Waals surface area contributed by atoms with Gasteiger partial charge in [0.25, 0.3) is 0 Å². The Bertz CT molecular complexity index is 1790. The van der Waals surface area contributed by atoms with Crippen LogP contribution in [0.3, 0.4) is 0 Å². The van der Waals surface area contributed by atoms with E-state index in [-0.39, 0.29) is 11.3 Å². The fourth-order valence-electron chi connectivity index (χ4n) is 5.44. The number of fused-ring (bicyclic) bond motifs is 1. The van der Waals surface area contributed by atoms with Crippen LogP contribution >= 0.6 is 0 Å². The van der Waals surface area contributed by atoms with Crippen molar-refractivity contribution in [2.45, 2.75) is 75.3 Å². The first-order chi connectivity index (χ1) is 23.6. The summed E-state index contributed by atoms with van der Waals surface area (Å²) in [6.07, 6.45) is -18.0. The van der Waals surface area contributed by atoms with Gasteiger partial charge in [0.05, 0.1) is 6.61 Å². The van der Waals surface area contributed by atoms with Gasteiger partial charge in [-0.05, 0) is 18.2 Å². The van der Waals surface area contributed by atoms with Gasteiger partial charge in [-0.1, -0.05) is 0 Å². The van der Waals surface area contributed by atoms with Crippen molar-refractivity contribution in [2.24, 2.45) is 0 Å². The fourth-order valence-corrected chi connectivity index (χ4v) is 5.44. The van der Waals surface area contributed by atoms with Crippen molar-refractivity contribution in [1.82, 2.24) is 0 Å². The van der Waals surface area contributed by atoms with Crippen LogP contribution in [0.5, 0.6) is 28.7 Å². The minimum Gasteiger partial charge on any atom is -0.507 e. The summed E-state index contributed by atoms with van der Waals surface area (Å²) < 4.78 is 38.6. The molecule has 5 rings (SSSR count). The Morgan fingerprint density at radius 3 is 2.12 bits per heavy atom. The van der Waals surface area contributed by atoms with Gasteiger partial charge in [-0.25, -0.2) is 0 Å². The van der Waals surface area contributed by atoms with Crippen LogP contribution in [0.1, 0.15) is 13.8 Å². The lowest BCUT2D eigenvalue weighted by atomic mass is 9.97. The van der Waals surface area contributed by atoms with Crippen LogP contribution in [0.15, 0.2) is 39.5 Å². The monoisotopic (exact) mass is 710 g/mol. The second-order valence-electron chi connectivity index (χ2n) is 11.5. The van der Waals surface area contributed by atoms with Crippen molar-refractivity contribution in [2.75, 3.05) is 13.2 Å². The molecule has 19 nitrogen and oxygen atoms in total. The minimum atomic E-state index is -2.00. The van der Waals surface area contributed by atoms with Gasteiger partial charge in [0.2, 0.25) is 12.0 Å². The smallest absolute Gasteiger partial charge is 0.303 e. The number of rotatable bonds is 9. The second kappa shape index (κ2) is 14.6. The van der Waals surface area contributed by atoms with Gasteiger partial charge in [-0.3, -0.25) is 14.4 Å². The Morgan fingerprint density at radius 2 is 1.48 bits per heavy atom. The fraction of sp³-hybridized carbons (Fsp3) is 0.452. The van der Waals surface area contributed by atoms with Gasteiger partial charge >= 0.3 is 11.9 Å². The molecule has 3 aromatic rings. The molecule has 19 heteroatoms. The Kier molecular flexibility index (Phi) is 10.7. The largest absolute Gasteiger partial charge is 0.507 e. The van der Waals surface area contributed by atoms with Crippen LogP contribution in [0.4, 0.5) is 0 Å². The van der Waals surface area contributed by atoms with E-state index in [0.717, 1.165) is 38.1 Å². The molecule has 0 spiro atoms. The zero-order valence-electron chi connectivity index (χ0n) is 26.2. The Balaban J connectivity index is 1.55. The lowest BCUT2D eigenvalue weighted by Crippen LogP contribution is -2.65. The molecular weight excluding hydrogens is 676 g/mol. The van der Waals surface area contributed by atoms with Crippen LogP contribution < -0.4 is 10.2 Å². The molecule has 2 fully saturated rings. The van der Waals surface area contributed by atoms with E-state index in [1.54, 1.807) is 0 Å². The number of benzene rings is 2. The first-order valence-corrected chi connectivity index (χ1v) is 14.9. The van der Waals surface area contributed by atoms with E-state index in [4.69, 9.17) is 32.8 Å². The molecule has 2 saturated heterocycles. The van der Waals surface area contributed by atoms with E-state index < -0.39 is 132 Å². The van der Waals surface area contributed by atoms with Crippen LogP contribution in [0.2, 0.25) is 0 Å². The summed E-state index contributed by atoms with van der Waals surface area (Å²) in [6.45, 7) is 0.578. The van der Waals surface area contributed by atoms with E-state index >= 15 is 0 Å². The van der Waals surface area contributed by atoms with Crippen LogP contribution in [0.25, 0.3) is 22.3 Å². The summed E-state index contributed by atoms with van der Waals surface area (Å²) in [6, 6.07) is 5.22. The highest BCUT2D eigenvalue weighted by atomic mass is 16.8. The van der Waals surface area contributed by atoms with Crippen molar-refractivity contribution in [1.29, 1.82) is 0 Å². The normalized spacial score (nSPS) is 29.7. The molecule has 0 bridgehead atoms. The van der Waals surface area contributed by atoms with Crippen molar-refractivity contribution in [3.63, 3.8) is 0 Å². The van der Waals surface area contributed by atoms with Crippen molar-refractivity contribution in [3.8, 4) is 40.1 Å². The maximum Gasteiger partial charge on any atom is 0.303 e. The predicted molar refractivity (Wildman–Crippen MR) is 161 cm³/mol. The zero-order chi connectivity index (χ0) is 36.6. The standard InChI is InChI=1S/C31H34O19/c1-10(33)44-9-20-22(39)25(42)26(43)30(49-20)50-29-28(45-11(2)34)24(41)19(8-32)48-31(29)47-18-7-16(38)21-15(37)6-17(46-27(21)23(18)40)12-3-4-13(35)14(36)5-12/h3-7,19-20,22,24-26,28-32,35-36,38-43H,8-9H2,1-2H3/t19-,20-,22-,24-,25-,26-,28+,29-,30+,31-/m1/s1. The third-order valence-electron chi connectivity index (χ3n) is 7.93. The highest BCUT2D eigenvalue weighted by molar-refractivity contribution is 5.91. The number of carbonyl (C=O) groups is 2. The number of aliphatic hydroxyl groups is 5. The van der Waals surface area contributed by atoms with Crippen LogP contribution in [0, 0.1) is 0 Å². The predicted octanol–water partition coefficient (Wildman–Crippen LogP) is -1.57. The molecular formula is C31H34O19. The lowest BCUT2D eigenvalue weighted by Gasteiger charge is -2.46. The molecule has 0 radical (unpaired) electrons. The highest BCUT2D eigenvalue weighted by Gasteiger charge is 2.53. The van der Waals surface area contributed by atoms with Crippen molar-refractivity contribution in [3.05, 3.63) is 40.6 Å². The van der Waals surface area contributed by atoms with Crippen molar-refractivity contribution < 1.29 is 88.4 Å². The molecule has 50 heavy (non-hydrogen) atoms. The number of phenolic OH excluding ortho intramolecular Hbond substituents is 4. The third-order valence-corrected chi connectivity index (χ3v) is 7.93. The van der Waals surface area contributed by atoms with E-state index in [1.807, 2.05) is 0 Å². The number of aliphatic hydroxyl groups excluding tert-OH is 5. The average molecular weight is 711 g/mol. The van der Waals surface area contributed by atoms with Gasteiger partial charge < -0.3 is 78.8 Å². The molecule has 10 atom stereocenters. The molecule has 2 aliphatic rings. The number of hydrogen-bond donors (Lipinski definition) is 9. The molecule has 0 unspecified atom stereocenters. The zero-order valence-corrected chi connectivity index (χ0v) is 26.2. The third kappa shape index (κ3) is 7.25. The number of aromatic hydroxyl groups is 4. The Labute approximate surface area is 280 Å². The van der Waals surface area contributed by atoms with Crippen molar-refractivity contribution >= 4 is 22.9 Å². The summed E-state index contributed by atoms with van der Waals surface area (Å²) >= 11 is 0. The topological polar surface area (TPSA) is 302 Å². The van der Waals surface area contributed by atoms with E-state index in [9.17, 15) is 60.3 Å². The van der Waals surface area contributed by atoms with Crippen LogP contribution in [-0.2, 0) is 33.3 Å². The molecule has 2 aliphatic heterocycles. The maximum absolute atomic E-state index is 13.0. The number of phenols is 4. The number of hydrogen-bond acceptors (Lipinski definition) is 19. The maximum atomic E-state index is 13.0. The molecule has 3 heterocycles. The molecule has 2 aromatic carbocycles. The number of carbonyl (C=O) groups excluding carboxylic acids is 2. The molecule has 0 aliphatic carbocycles.